The molecule has 7 nitrogen and oxygen atoms in total. The van der Waals surface area contributed by atoms with Gasteiger partial charge in [-0.25, -0.2) is 4.79 Å². The van der Waals surface area contributed by atoms with Crippen molar-refractivity contribution in [3.05, 3.63) is 23.8 Å². The Labute approximate surface area is 115 Å². The van der Waals surface area contributed by atoms with Gasteiger partial charge in [-0.15, -0.1) is 0 Å². The lowest BCUT2D eigenvalue weighted by molar-refractivity contribution is -0.120. The smallest absolute Gasteiger partial charge is 0.339 e. The highest BCUT2D eigenvalue weighted by Gasteiger charge is 2.33. The van der Waals surface area contributed by atoms with E-state index in [0.717, 1.165) is 0 Å². The summed E-state index contributed by atoms with van der Waals surface area (Å²) in [4.78, 5) is 22.9. The van der Waals surface area contributed by atoms with Crippen molar-refractivity contribution in [3.63, 3.8) is 0 Å². The topological polar surface area (TPSA) is 108 Å². The lowest BCUT2D eigenvalue weighted by Gasteiger charge is -2.16. The van der Waals surface area contributed by atoms with Gasteiger partial charge in [-0.2, -0.15) is 0 Å². The number of anilines is 1. The maximum atomic E-state index is 12.1. The molecule has 108 valence electrons. The van der Waals surface area contributed by atoms with E-state index in [-0.39, 0.29) is 29.2 Å². The monoisotopic (exact) mass is 280 g/mol. The first-order valence-corrected chi connectivity index (χ1v) is 6.15. The van der Waals surface area contributed by atoms with Crippen LogP contribution in [-0.4, -0.2) is 48.4 Å². The summed E-state index contributed by atoms with van der Waals surface area (Å²) < 4.78 is 5.24. The number of hydrogen-bond donors (Lipinski definition) is 4. The Morgan fingerprint density at radius 2 is 2.10 bits per heavy atom. The number of aromatic carboxylic acids is 1. The van der Waals surface area contributed by atoms with Crippen molar-refractivity contribution < 1.29 is 24.5 Å². The third-order valence-corrected chi connectivity index (χ3v) is 3.28. The van der Waals surface area contributed by atoms with Gasteiger partial charge in [-0.05, 0) is 19.2 Å². The largest absolute Gasteiger partial charge is 0.507 e. The number of amides is 1. The predicted octanol–water partition coefficient (Wildman–Crippen LogP) is 0.263. The molecule has 0 saturated carbocycles. The molecule has 2 rings (SSSR count). The van der Waals surface area contributed by atoms with Gasteiger partial charge in [-0.3, -0.25) is 4.79 Å². The summed E-state index contributed by atoms with van der Waals surface area (Å²) >= 11 is 0. The van der Waals surface area contributed by atoms with Crippen molar-refractivity contribution in [2.45, 2.75) is 6.04 Å². The average Bonchev–Trinajstić information content (AvgIpc) is 2.86. The van der Waals surface area contributed by atoms with E-state index in [1.165, 1.54) is 18.2 Å². The number of hydrogen-bond acceptors (Lipinski definition) is 5. The summed E-state index contributed by atoms with van der Waals surface area (Å²) in [7, 11) is 1.76. The molecule has 1 heterocycles. The summed E-state index contributed by atoms with van der Waals surface area (Å²) in [6.45, 7) is 0.800. The fraction of sp³-hybridized carbons (Fsp3) is 0.385. The maximum Gasteiger partial charge on any atom is 0.339 e. The number of carboxylic acid groups (broad SMARTS) is 1. The van der Waals surface area contributed by atoms with E-state index in [1.807, 2.05) is 0 Å². The molecule has 1 aliphatic heterocycles. The summed E-state index contributed by atoms with van der Waals surface area (Å²) in [5.74, 6) is -2.16. The van der Waals surface area contributed by atoms with Crippen molar-refractivity contribution >= 4 is 17.6 Å². The van der Waals surface area contributed by atoms with E-state index in [1.54, 1.807) is 7.05 Å². The highest BCUT2D eigenvalue weighted by molar-refractivity contribution is 5.95. The number of benzene rings is 1. The molecular formula is C13H16N2O5. The lowest BCUT2D eigenvalue weighted by atomic mass is 10.0. The molecule has 0 aliphatic carbocycles. The van der Waals surface area contributed by atoms with Crippen LogP contribution in [0.1, 0.15) is 10.4 Å². The standard InChI is InChI=1S/C13H16N2O5/c1-14-10-6-20-5-9(10)12(17)15-7-2-3-8(13(18)19)11(16)4-7/h2-4,9-10,14,16H,5-6H2,1H3,(H,15,17)(H,18,19). The molecule has 20 heavy (non-hydrogen) atoms. The van der Waals surface area contributed by atoms with Gasteiger partial charge in [0.2, 0.25) is 5.91 Å². The Bertz CT molecular complexity index is 531. The number of phenols is 1. The van der Waals surface area contributed by atoms with E-state index in [0.29, 0.717) is 18.9 Å². The Morgan fingerprint density at radius 3 is 2.70 bits per heavy atom. The molecule has 2 unspecified atom stereocenters. The third-order valence-electron chi connectivity index (χ3n) is 3.28. The number of carbonyl (C=O) groups is 2. The second kappa shape index (κ2) is 5.89. The lowest BCUT2D eigenvalue weighted by Crippen LogP contribution is -2.39. The van der Waals surface area contributed by atoms with E-state index in [9.17, 15) is 14.7 Å². The Kier molecular flexibility index (Phi) is 4.21. The normalized spacial score (nSPS) is 21.6. The molecule has 1 aromatic carbocycles. The van der Waals surface area contributed by atoms with E-state index in [4.69, 9.17) is 9.84 Å². The summed E-state index contributed by atoms with van der Waals surface area (Å²) in [6.07, 6.45) is 0. The fourth-order valence-corrected chi connectivity index (χ4v) is 2.12. The van der Waals surface area contributed by atoms with Gasteiger partial charge < -0.3 is 25.6 Å². The number of carboxylic acids is 1. The molecule has 1 aromatic rings. The maximum absolute atomic E-state index is 12.1. The molecule has 1 aliphatic rings. The summed E-state index contributed by atoms with van der Waals surface area (Å²) in [5, 5.41) is 24.0. The van der Waals surface area contributed by atoms with E-state index >= 15 is 0 Å². The minimum atomic E-state index is -1.22. The van der Waals surface area contributed by atoms with Crippen LogP contribution in [0.15, 0.2) is 18.2 Å². The average molecular weight is 280 g/mol. The minimum absolute atomic E-state index is 0.0538. The van der Waals surface area contributed by atoms with E-state index < -0.39 is 5.97 Å². The molecular weight excluding hydrogens is 264 g/mol. The molecule has 0 radical (unpaired) electrons. The number of nitrogens with one attached hydrogen (secondary N) is 2. The van der Waals surface area contributed by atoms with Crippen LogP contribution in [0, 0.1) is 5.92 Å². The number of aromatic hydroxyl groups is 1. The SMILES string of the molecule is CNC1COCC1C(=O)Nc1ccc(C(=O)O)c(O)c1. The molecule has 0 aromatic heterocycles. The van der Waals surface area contributed by atoms with Gasteiger partial charge in [0.25, 0.3) is 0 Å². The quantitative estimate of drug-likeness (QED) is 0.630. The Morgan fingerprint density at radius 1 is 1.35 bits per heavy atom. The highest BCUT2D eigenvalue weighted by Crippen LogP contribution is 2.23. The van der Waals surface area contributed by atoms with Gasteiger partial charge in [0.1, 0.15) is 11.3 Å². The molecule has 7 heteroatoms. The zero-order valence-corrected chi connectivity index (χ0v) is 10.9. The van der Waals surface area contributed by atoms with Crippen LogP contribution >= 0.6 is 0 Å². The van der Waals surface area contributed by atoms with Gasteiger partial charge in [0.05, 0.1) is 19.1 Å². The Hall–Kier alpha value is -2.12. The van der Waals surface area contributed by atoms with Gasteiger partial charge in [-0.1, -0.05) is 0 Å². The number of ether oxygens (including phenoxy) is 1. The van der Waals surface area contributed by atoms with Crippen LogP contribution in [0.3, 0.4) is 0 Å². The van der Waals surface area contributed by atoms with Crippen LogP contribution < -0.4 is 10.6 Å². The van der Waals surface area contributed by atoms with Crippen molar-refractivity contribution in [1.82, 2.24) is 5.32 Å². The molecule has 4 N–H and O–H groups in total. The van der Waals surface area contributed by atoms with Crippen LogP contribution in [-0.2, 0) is 9.53 Å². The number of carbonyl (C=O) groups excluding carboxylic acids is 1. The zero-order chi connectivity index (χ0) is 14.7. The molecule has 0 spiro atoms. The van der Waals surface area contributed by atoms with Crippen LogP contribution in [0.4, 0.5) is 5.69 Å². The molecule has 0 bridgehead atoms. The second-order valence-corrected chi connectivity index (χ2v) is 4.57. The molecule has 2 atom stereocenters. The van der Waals surface area contributed by atoms with Crippen LogP contribution in [0.2, 0.25) is 0 Å². The predicted molar refractivity (Wildman–Crippen MR) is 70.9 cm³/mol. The highest BCUT2D eigenvalue weighted by atomic mass is 16.5. The Balaban J connectivity index is 2.08. The van der Waals surface area contributed by atoms with Crippen molar-refractivity contribution in [2.75, 3.05) is 25.6 Å². The van der Waals surface area contributed by atoms with Crippen molar-refractivity contribution in [1.29, 1.82) is 0 Å². The first-order chi connectivity index (χ1) is 9.52. The van der Waals surface area contributed by atoms with E-state index in [2.05, 4.69) is 10.6 Å². The van der Waals surface area contributed by atoms with Crippen molar-refractivity contribution in [2.24, 2.45) is 5.92 Å². The minimum Gasteiger partial charge on any atom is -0.507 e. The van der Waals surface area contributed by atoms with Crippen LogP contribution in [0.5, 0.6) is 5.75 Å². The third kappa shape index (κ3) is 2.89. The van der Waals surface area contributed by atoms with Crippen LogP contribution in [0.25, 0.3) is 0 Å². The van der Waals surface area contributed by atoms with Crippen molar-refractivity contribution in [3.8, 4) is 5.75 Å². The number of rotatable bonds is 4. The number of likely N-dealkylation sites (N-methyl/N-ethyl adjacent to an activating group) is 1. The summed E-state index contributed by atoms with van der Waals surface area (Å²) in [5.41, 5.74) is 0.138. The zero-order valence-electron chi connectivity index (χ0n) is 10.9. The first kappa shape index (κ1) is 14.3. The fourth-order valence-electron chi connectivity index (χ4n) is 2.12. The van der Waals surface area contributed by atoms with Gasteiger partial charge >= 0.3 is 5.97 Å². The molecule has 1 amide bonds. The molecule has 1 fully saturated rings. The van der Waals surface area contributed by atoms with Gasteiger partial charge in [0.15, 0.2) is 0 Å². The summed E-state index contributed by atoms with van der Waals surface area (Å²) in [6, 6.07) is 3.84. The molecule has 1 saturated heterocycles. The van der Waals surface area contributed by atoms with Gasteiger partial charge in [0, 0.05) is 17.8 Å². The second-order valence-electron chi connectivity index (χ2n) is 4.57. The first-order valence-electron chi connectivity index (χ1n) is 6.15.